The van der Waals surface area contributed by atoms with Gasteiger partial charge in [-0.25, -0.2) is 9.59 Å². The van der Waals surface area contributed by atoms with Gasteiger partial charge in [-0.3, -0.25) is 4.79 Å². The first-order valence-corrected chi connectivity index (χ1v) is 13.1. The molecule has 0 aromatic carbocycles. The summed E-state index contributed by atoms with van der Waals surface area (Å²) >= 11 is 0. The zero-order chi connectivity index (χ0) is 24.0. The van der Waals surface area contributed by atoms with Crippen molar-refractivity contribution in [3.8, 4) is 0 Å². The zero-order valence-electron chi connectivity index (χ0n) is 21.1. The Morgan fingerprint density at radius 2 is 1.39 bits per heavy atom. The van der Waals surface area contributed by atoms with Crippen molar-refractivity contribution in [2.45, 2.75) is 116 Å². The van der Waals surface area contributed by atoms with Crippen molar-refractivity contribution in [3.05, 3.63) is 0 Å². The summed E-state index contributed by atoms with van der Waals surface area (Å²) in [4.78, 5) is 41.1. The highest BCUT2D eigenvalue weighted by atomic mass is 16.6. The predicted molar refractivity (Wildman–Crippen MR) is 127 cm³/mol. The van der Waals surface area contributed by atoms with E-state index in [1.54, 1.807) is 4.90 Å². The number of carbonyl (C=O) groups is 3. The van der Waals surface area contributed by atoms with Crippen LogP contribution in [-0.4, -0.2) is 54.2 Å². The largest absolute Gasteiger partial charge is 0.467 e. The molecule has 1 aliphatic heterocycles. The van der Waals surface area contributed by atoms with E-state index < -0.39 is 23.8 Å². The number of methoxy groups -OCH3 is 1. The summed E-state index contributed by atoms with van der Waals surface area (Å²) in [5, 5.41) is 3.02. The second-order valence-electron chi connectivity index (χ2n) is 11.2. The van der Waals surface area contributed by atoms with E-state index in [1.807, 2.05) is 20.8 Å². The smallest absolute Gasteiger partial charge is 0.408 e. The first-order chi connectivity index (χ1) is 15.7. The average Bonchev–Trinajstić information content (AvgIpc) is 3.28. The lowest BCUT2D eigenvalue weighted by Crippen LogP contribution is -2.58. The molecule has 1 saturated heterocycles. The van der Waals surface area contributed by atoms with Gasteiger partial charge in [0.15, 0.2) is 0 Å². The normalized spacial score (nSPS) is 23.9. The predicted octanol–water partition coefficient (Wildman–Crippen LogP) is 4.82. The minimum atomic E-state index is -0.670. The van der Waals surface area contributed by atoms with Gasteiger partial charge in [0, 0.05) is 6.54 Å². The van der Waals surface area contributed by atoms with Gasteiger partial charge in [-0.05, 0) is 51.4 Å². The molecule has 0 aromatic rings. The molecular weight excluding hydrogens is 420 g/mol. The first kappa shape index (κ1) is 25.8. The van der Waals surface area contributed by atoms with Crippen molar-refractivity contribution < 1.29 is 23.9 Å². The molecule has 1 N–H and O–H groups in total. The fourth-order valence-corrected chi connectivity index (χ4v) is 6.31. The maximum atomic E-state index is 14.1. The molecule has 0 radical (unpaired) electrons. The molecule has 3 rings (SSSR count). The van der Waals surface area contributed by atoms with Crippen molar-refractivity contribution in [3.63, 3.8) is 0 Å². The Hall–Kier alpha value is -1.79. The Balaban J connectivity index is 1.92. The Morgan fingerprint density at radius 3 is 1.88 bits per heavy atom. The monoisotopic (exact) mass is 464 g/mol. The summed E-state index contributed by atoms with van der Waals surface area (Å²) in [6.07, 6.45) is 12.4. The number of ether oxygens (including phenoxy) is 2. The van der Waals surface area contributed by atoms with Crippen LogP contribution in [0.25, 0.3) is 0 Å². The molecule has 2 atom stereocenters. The Bertz CT molecular complexity index is 659. The second kappa shape index (κ2) is 11.6. The first-order valence-electron chi connectivity index (χ1n) is 13.1. The molecule has 0 bridgehead atoms. The van der Waals surface area contributed by atoms with E-state index in [-0.39, 0.29) is 17.8 Å². The molecule has 188 valence electrons. The van der Waals surface area contributed by atoms with Crippen LogP contribution in [0, 0.1) is 17.8 Å². The number of hydrogen-bond donors (Lipinski definition) is 1. The average molecular weight is 465 g/mol. The summed E-state index contributed by atoms with van der Waals surface area (Å²) in [6.45, 7) is 6.01. The van der Waals surface area contributed by atoms with Crippen LogP contribution in [0.1, 0.15) is 97.8 Å². The highest BCUT2D eigenvalue weighted by molar-refractivity contribution is 5.90. The van der Waals surface area contributed by atoms with Gasteiger partial charge < -0.3 is 19.7 Å². The van der Waals surface area contributed by atoms with Crippen molar-refractivity contribution in [1.29, 1.82) is 0 Å². The molecule has 1 heterocycles. The third-order valence-corrected chi connectivity index (χ3v) is 7.72. The van der Waals surface area contributed by atoms with Crippen molar-refractivity contribution >= 4 is 18.0 Å². The van der Waals surface area contributed by atoms with Crippen molar-refractivity contribution in [2.24, 2.45) is 17.8 Å². The minimum absolute atomic E-state index is 0.0736. The number of nitrogens with one attached hydrogen (secondary N) is 1. The Morgan fingerprint density at radius 1 is 0.848 bits per heavy atom. The quantitative estimate of drug-likeness (QED) is 0.570. The van der Waals surface area contributed by atoms with Crippen LogP contribution in [-0.2, 0) is 19.1 Å². The maximum Gasteiger partial charge on any atom is 0.408 e. The third-order valence-electron chi connectivity index (χ3n) is 7.72. The summed E-state index contributed by atoms with van der Waals surface area (Å²) in [5.41, 5.74) is -0.648. The van der Waals surface area contributed by atoms with Crippen LogP contribution in [0.4, 0.5) is 4.79 Å². The maximum absolute atomic E-state index is 14.1. The fraction of sp³-hybridized carbons (Fsp3) is 0.885. The second-order valence-corrected chi connectivity index (χ2v) is 11.2. The van der Waals surface area contributed by atoms with Crippen LogP contribution in [0.3, 0.4) is 0 Å². The van der Waals surface area contributed by atoms with E-state index in [2.05, 4.69) is 5.32 Å². The molecule has 0 aromatic heterocycles. The molecular formula is C26H44N2O5. The van der Waals surface area contributed by atoms with Gasteiger partial charge in [0.1, 0.15) is 17.7 Å². The number of likely N-dealkylation sites (tertiary alicyclic amines) is 1. The molecule has 3 fully saturated rings. The number of rotatable bonds is 6. The molecule has 2 saturated carbocycles. The zero-order valence-corrected chi connectivity index (χ0v) is 21.1. The fourth-order valence-electron chi connectivity index (χ4n) is 6.31. The number of carbonyl (C=O) groups excluding carboxylic acids is 3. The summed E-state index contributed by atoms with van der Waals surface area (Å²) in [6, 6.07) is -1.24. The lowest BCUT2D eigenvalue weighted by molar-refractivity contribution is -0.152. The summed E-state index contributed by atoms with van der Waals surface area (Å²) < 4.78 is 10.6. The van der Waals surface area contributed by atoms with Gasteiger partial charge >= 0.3 is 12.1 Å². The standard InChI is InChI=1S/C26H44N2O5/c1-26(2,3)33-25(31)27-22(23(29)28-17-11-16-20(28)24(30)32-4)21(18-12-7-5-8-13-18)19-14-9-6-10-15-19/h18-22H,5-17H2,1-4H3,(H,27,31)/t20-,22-/m0/s1. The SMILES string of the molecule is COC(=O)[C@@H]1CCCN1C(=O)[C@@H](NC(=O)OC(C)(C)C)C(C1CCCCC1)C1CCCCC1. The van der Waals surface area contributed by atoms with E-state index in [4.69, 9.17) is 9.47 Å². The molecule has 0 unspecified atom stereocenters. The lowest BCUT2D eigenvalue weighted by atomic mass is 9.66. The highest BCUT2D eigenvalue weighted by Crippen LogP contribution is 2.42. The van der Waals surface area contributed by atoms with Crippen LogP contribution in [0.2, 0.25) is 0 Å². The van der Waals surface area contributed by atoms with Gasteiger partial charge in [0.25, 0.3) is 0 Å². The Kier molecular flexibility index (Phi) is 9.05. The minimum Gasteiger partial charge on any atom is -0.467 e. The molecule has 7 heteroatoms. The van der Waals surface area contributed by atoms with Gasteiger partial charge in [-0.1, -0.05) is 64.2 Å². The van der Waals surface area contributed by atoms with Crippen LogP contribution in [0.5, 0.6) is 0 Å². The topological polar surface area (TPSA) is 84.9 Å². The molecule has 3 aliphatic rings. The molecule has 0 spiro atoms. The van der Waals surface area contributed by atoms with Crippen molar-refractivity contribution in [2.75, 3.05) is 13.7 Å². The van der Waals surface area contributed by atoms with Gasteiger partial charge in [-0.15, -0.1) is 0 Å². The number of amides is 2. The third kappa shape index (κ3) is 6.86. The van der Waals surface area contributed by atoms with Gasteiger partial charge in [-0.2, -0.15) is 0 Å². The number of esters is 1. The number of alkyl carbamates (subject to hydrolysis) is 1. The lowest BCUT2D eigenvalue weighted by Gasteiger charge is -2.43. The highest BCUT2D eigenvalue weighted by Gasteiger charge is 2.46. The van der Waals surface area contributed by atoms with Crippen LogP contribution >= 0.6 is 0 Å². The van der Waals surface area contributed by atoms with E-state index in [0.29, 0.717) is 24.8 Å². The summed E-state index contributed by atoms with van der Waals surface area (Å²) in [7, 11) is 1.37. The summed E-state index contributed by atoms with van der Waals surface area (Å²) in [5.74, 6) is 0.373. The van der Waals surface area contributed by atoms with Gasteiger partial charge in [0.05, 0.1) is 7.11 Å². The van der Waals surface area contributed by atoms with Crippen LogP contribution in [0.15, 0.2) is 0 Å². The van der Waals surface area contributed by atoms with Crippen LogP contribution < -0.4 is 5.32 Å². The van der Waals surface area contributed by atoms with E-state index in [1.165, 1.54) is 45.6 Å². The number of nitrogens with zero attached hydrogens (tertiary/aromatic N) is 1. The Labute approximate surface area is 199 Å². The molecule has 2 aliphatic carbocycles. The van der Waals surface area contributed by atoms with E-state index in [0.717, 1.165) is 32.1 Å². The van der Waals surface area contributed by atoms with E-state index >= 15 is 0 Å². The molecule has 33 heavy (non-hydrogen) atoms. The molecule has 7 nitrogen and oxygen atoms in total. The van der Waals surface area contributed by atoms with E-state index in [9.17, 15) is 14.4 Å². The molecule has 2 amide bonds. The van der Waals surface area contributed by atoms with Crippen molar-refractivity contribution in [1.82, 2.24) is 10.2 Å². The van der Waals surface area contributed by atoms with Gasteiger partial charge in [0.2, 0.25) is 5.91 Å². The number of hydrogen-bond acceptors (Lipinski definition) is 5.